The molecular weight excluding hydrogens is 243 g/mol. The lowest BCUT2D eigenvalue weighted by atomic mass is 10.2. The Balaban J connectivity index is 2.33. The van der Waals surface area contributed by atoms with Gasteiger partial charge in [0, 0.05) is 20.0 Å². The highest BCUT2D eigenvalue weighted by molar-refractivity contribution is 5.84. The van der Waals surface area contributed by atoms with E-state index in [0.29, 0.717) is 13.0 Å². The number of nitrogens with zero attached hydrogens (tertiary/aromatic N) is 4. The molecule has 0 amide bonds. The van der Waals surface area contributed by atoms with Crippen LogP contribution in [0.3, 0.4) is 0 Å². The van der Waals surface area contributed by atoms with Gasteiger partial charge in [-0.1, -0.05) is 0 Å². The summed E-state index contributed by atoms with van der Waals surface area (Å²) in [5.74, 6) is -0.195. The summed E-state index contributed by atoms with van der Waals surface area (Å²) in [4.78, 5) is 23.1. The number of halogens is 1. The standard InChI is InChI=1S/C10H13FN4O3/c1-13-10(8(5-12-13)15(17)18)14-4-2-3-9(16)7(11)6-14/h5,7H,2-4,6H2,1H3/t7-/m1/s1. The Hall–Kier alpha value is -1.99. The molecule has 1 aliphatic heterocycles. The predicted molar refractivity (Wildman–Crippen MR) is 61.2 cm³/mol. The summed E-state index contributed by atoms with van der Waals surface area (Å²) in [6.07, 6.45) is 0.196. The van der Waals surface area contributed by atoms with E-state index in [9.17, 15) is 19.3 Å². The second-order valence-electron chi connectivity index (χ2n) is 4.22. The van der Waals surface area contributed by atoms with Crippen molar-refractivity contribution in [1.82, 2.24) is 9.78 Å². The van der Waals surface area contributed by atoms with E-state index < -0.39 is 16.9 Å². The molecule has 0 unspecified atom stereocenters. The summed E-state index contributed by atoms with van der Waals surface area (Å²) >= 11 is 0. The molecule has 2 rings (SSSR count). The lowest BCUT2D eigenvalue weighted by Crippen LogP contribution is -2.33. The molecule has 0 radical (unpaired) electrons. The highest BCUT2D eigenvalue weighted by Crippen LogP contribution is 2.28. The Morgan fingerprint density at radius 3 is 3.00 bits per heavy atom. The van der Waals surface area contributed by atoms with Crippen LogP contribution in [0.4, 0.5) is 15.9 Å². The van der Waals surface area contributed by atoms with E-state index in [1.165, 1.54) is 9.58 Å². The van der Waals surface area contributed by atoms with Crippen molar-refractivity contribution >= 4 is 17.3 Å². The number of aryl methyl sites for hydroxylation is 1. The third-order valence-electron chi connectivity index (χ3n) is 2.97. The highest BCUT2D eigenvalue weighted by Gasteiger charge is 2.30. The molecule has 8 heteroatoms. The van der Waals surface area contributed by atoms with Crippen LogP contribution in [0, 0.1) is 10.1 Å². The van der Waals surface area contributed by atoms with E-state index in [2.05, 4.69) is 5.10 Å². The van der Waals surface area contributed by atoms with E-state index >= 15 is 0 Å². The summed E-state index contributed by atoms with van der Waals surface area (Å²) in [6, 6.07) is 0. The monoisotopic (exact) mass is 256 g/mol. The van der Waals surface area contributed by atoms with Crippen molar-refractivity contribution in [2.24, 2.45) is 7.05 Å². The Kier molecular flexibility index (Phi) is 3.26. The van der Waals surface area contributed by atoms with E-state index in [4.69, 9.17) is 0 Å². The van der Waals surface area contributed by atoms with Gasteiger partial charge in [-0.2, -0.15) is 5.10 Å². The van der Waals surface area contributed by atoms with Crippen LogP contribution in [0.25, 0.3) is 0 Å². The van der Waals surface area contributed by atoms with Crippen molar-refractivity contribution in [2.75, 3.05) is 18.0 Å². The zero-order valence-electron chi connectivity index (χ0n) is 9.87. The Bertz CT molecular complexity index is 487. The maximum atomic E-state index is 13.6. The molecule has 2 heterocycles. The minimum absolute atomic E-state index is 0.154. The van der Waals surface area contributed by atoms with Crippen LogP contribution in [0.2, 0.25) is 0 Å². The van der Waals surface area contributed by atoms with Crippen LogP contribution in [0.15, 0.2) is 6.20 Å². The van der Waals surface area contributed by atoms with E-state index in [0.717, 1.165) is 6.20 Å². The Morgan fingerprint density at radius 1 is 1.61 bits per heavy atom. The van der Waals surface area contributed by atoms with Gasteiger partial charge < -0.3 is 4.90 Å². The van der Waals surface area contributed by atoms with E-state index in [1.807, 2.05) is 0 Å². The molecule has 0 aliphatic carbocycles. The molecule has 18 heavy (non-hydrogen) atoms. The number of rotatable bonds is 2. The quantitative estimate of drug-likeness (QED) is 0.578. The molecule has 98 valence electrons. The van der Waals surface area contributed by atoms with Gasteiger partial charge in [-0.15, -0.1) is 0 Å². The Morgan fingerprint density at radius 2 is 2.33 bits per heavy atom. The van der Waals surface area contributed by atoms with Crippen LogP contribution in [-0.2, 0) is 11.8 Å². The smallest absolute Gasteiger partial charge is 0.331 e. The van der Waals surface area contributed by atoms with Gasteiger partial charge in [0.1, 0.15) is 6.20 Å². The van der Waals surface area contributed by atoms with Gasteiger partial charge >= 0.3 is 5.69 Å². The van der Waals surface area contributed by atoms with Crippen LogP contribution in [0.1, 0.15) is 12.8 Å². The highest BCUT2D eigenvalue weighted by atomic mass is 19.1. The second-order valence-corrected chi connectivity index (χ2v) is 4.22. The van der Waals surface area contributed by atoms with Gasteiger partial charge in [-0.05, 0) is 6.42 Å². The summed E-state index contributed by atoms with van der Waals surface area (Å²) in [5, 5.41) is 14.7. The topological polar surface area (TPSA) is 81.3 Å². The fraction of sp³-hybridized carbons (Fsp3) is 0.600. The number of Topliss-reactive ketones (excluding diaryl/α,β-unsaturated/α-hetero) is 1. The maximum absolute atomic E-state index is 13.6. The number of alkyl halides is 1. The first kappa shape index (κ1) is 12.5. The molecule has 0 N–H and O–H groups in total. The second kappa shape index (κ2) is 4.71. The first-order valence-corrected chi connectivity index (χ1v) is 5.59. The van der Waals surface area contributed by atoms with Crippen molar-refractivity contribution in [3.63, 3.8) is 0 Å². The Labute approximate surface area is 102 Å². The predicted octanol–water partition coefficient (Wildman–Crippen LogP) is 0.836. The van der Waals surface area contributed by atoms with Gasteiger partial charge in [-0.25, -0.2) is 9.07 Å². The number of carbonyl (C=O) groups excluding carboxylic acids is 1. The number of ketones is 1. The molecule has 0 spiro atoms. The van der Waals surface area contributed by atoms with Crippen LogP contribution in [0.5, 0.6) is 0 Å². The van der Waals surface area contributed by atoms with E-state index in [-0.39, 0.29) is 24.5 Å². The number of nitro groups is 1. The minimum atomic E-state index is -1.60. The summed E-state index contributed by atoms with van der Waals surface area (Å²) < 4.78 is 14.9. The largest absolute Gasteiger partial charge is 0.348 e. The zero-order valence-corrected chi connectivity index (χ0v) is 9.87. The number of carbonyl (C=O) groups is 1. The van der Waals surface area contributed by atoms with Crippen LogP contribution in [-0.4, -0.2) is 39.7 Å². The van der Waals surface area contributed by atoms with Crippen LogP contribution >= 0.6 is 0 Å². The van der Waals surface area contributed by atoms with Gasteiger partial charge in [0.25, 0.3) is 0 Å². The molecule has 7 nitrogen and oxygen atoms in total. The van der Waals surface area contributed by atoms with Gasteiger partial charge in [-0.3, -0.25) is 14.9 Å². The first-order valence-electron chi connectivity index (χ1n) is 5.59. The molecule has 1 saturated heterocycles. The van der Waals surface area contributed by atoms with Crippen molar-refractivity contribution in [2.45, 2.75) is 19.0 Å². The average molecular weight is 256 g/mol. The summed E-state index contributed by atoms with van der Waals surface area (Å²) in [7, 11) is 1.56. The fourth-order valence-corrected chi connectivity index (χ4v) is 2.09. The van der Waals surface area contributed by atoms with Crippen molar-refractivity contribution in [3.8, 4) is 0 Å². The van der Waals surface area contributed by atoms with Crippen LogP contribution < -0.4 is 4.90 Å². The number of hydrogen-bond donors (Lipinski definition) is 0. The zero-order chi connectivity index (χ0) is 13.3. The van der Waals surface area contributed by atoms with Crippen molar-refractivity contribution in [3.05, 3.63) is 16.3 Å². The van der Waals surface area contributed by atoms with Crippen molar-refractivity contribution in [1.29, 1.82) is 0 Å². The molecule has 0 saturated carbocycles. The molecule has 1 fully saturated rings. The third-order valence-corrected chi connectivity index (χ3v) is 2.97. The number of aromatic nitrogens is 2. The lowest BCUT2D eigenvalue weighted by Gasteiger charge is -2.21. The SMILES string of the molecule is Cn1ncc([N+](=O)[O-])c1N1CCCC(=O)[C@H](F)C1. The molecule has 1 aliphatic rings. The first-order chi connectivity index (χ1) is 8.50. The maximum Gasteiger partial charge on any atom is 0.331 e. The molecular formula is C10H13FN4O3. The number of anilines is 1. The molecule has 0 aromatic carbocycles. The minimum Gasteiger partial charge on any atom is -0.348 e. The van der Waals surface area contributed by atoms with Crippen molar-refractivity contribution < 1.29 is 14.1 Å². The van der Waals surface area contributed by atoms with Gasteiger partial charge in [0.15, 0.2) is 12.0 Å². The molecule has 0 bridgehead atoms. The average Bonchev–Trinajstić information content (AvgIpc) is 2.61. The third kappa shape index (κ3) is 2.18. The van der Waals surface area contributed by atoms with E-state index in [1.54, 1.807) is 7.05 Å². The lowest BCUT2D eigenvalue weighted by molar-refractivity contribution is -0.384. The molecule has 1 aromatic heterocycles. The van der Waals surface area contributed by atoms with Gasteiger partial charge in [0.05, 0.1) is 11.5 Å². The summed E-state index contributed by atoms with van der Waals surface area (Å²) in [5.41, 5.74) is -0.168. The normalized spacial score (nSPS) is 20.9. The summed E-state index contributed by atoms with van der Waals surface area (Å²) in [6.45, 7) is 0.256. The molecule has 1 atom stereocenters. The van der Waals surface area contributed by atoms with Gasteiger partial charge in [0.2, 0.25) is 5.82 Å². The number of hydrogen-bond acceptors (Lipinski definition) is 5. The fourth-order valence-electron chi connectivity index (χ4n) is 2.09. The molecule has 1 aromatic rings.